The molecule has 5 heteroatoms. The summed E-state index contributed by atoms with van der Waals surface area (Å²) in [6, 6.07) is 0. The maximum atomic E-state index is 11.1. The lowest BCUT2D eigenvalue weighted by molar-refractivity contribution is 0.0692. The van der Waals surface area contributed by atoms with E-state index < -0.39 is 5.97 Å². The van der Waals surface area contributed by atoms with Crippen LogP contribution >= 0.6 is 11.8 Å². The van der Waals surface area contributed by atoms with Gasteiger partial charge in [0, 0.05) is 7.05 Å². The molecule has 90 valence electrons. The predicted molar refractivity (Wildman–Crippen MR) is 65.2 cm³/mol. The Labute approximate surface area is 100 Å². The summed E-state index contributed by atoms with van der Waals surface area (Å²) in [4.78, 5) is 11.1. The molecule has 0 spiro atoms. The van der Waals surface area contributed by atoms with Crippen molar-refractivity contribution in [2.75, 3.05) is 5.75 Å². The lowest BCUT2D eigenvalue weighted by Gasteiger charge is -2.03. The molecule has 4 nitrogen and oxygen atoms in total. The Morgan fingerprint density at radius 1 is 1.50 bits per heavy atom. The van der Waals surface area contributed by atoms with Crippen LogP contribution in [-0.4, -0.2) is 26.6 Å². The molecule has 0 radical (unpaired) electrons. The number of nitrogens with zero attached hydrogens (tertiary/aromatic N) is 2. The van der Waals surface area contributed by atoms with Crippen molar-refractivity contribution >= 4 is 17.7 Å². The van der Waals surface area contributed by atoms with Crippen LogP contribution in [0.25, 0.3) is 0 Å². The summed E-state index contributed by atoms with van der Waals surface area (Å²) in [5, 5.41) is 14.0. The fourth-order valence-corrected chi connectivity index (χ4v) is 2.72. The molecule has 0 bridgehead atoms. The van der Waals surface area contributed by atoms with Crippen molar-refractivity contribution in [1.29, 1.82) is 0 Å². The van der Waals surface area contributed by atoms with E-state index in [0.717, 1.165) is 17.2 Å². The van der Waals surface area contributed by atoms with Gasteiger partial charge in [-0.15, -0.1) is 11.8 Å². The number of hydrogen-bond donors (Lipinski definition) is 1. The van der Waals surface area contributed by atoms with Crippen molar-refractivity contribution in [2.24, 2.45) is 7.05 Å². The average Bonchev–Trinajstić information content (AvgIpc) is 2.48. The number of aromatic carboxylic acids is 1. The van der Waals surface area contributed by atoms with Crippen LogP contribution in [0.2, 0.25) is 0 Å². The summed E-state index contributed by atoms with van der Waals surface area (Å²) >= 11 is 1.58. The molecule has 0 atom stereocenters. The third-order valence-corrected chi connectivity index (χ3v) is 3.60. The van der Waals surface area contributed by atoms with Gasteiger partial charge < -0.3 is 5.11 Å². The van der Waals surface area contributed by atoms with E-state index in [-0.39, 0.29) is 0 Å². The van der Waals surface area contributed by atoms with Gasteiger partial charge in [-0.1, -0.05) is 19.8 Å². The molecular weight excluding hydrogens is 224 g/mol. The molecule has 0 aliphatic heterocycles. The lowest BCUT2D eigenvalue weighted by atomic mass is 10.3. The molecule has 0 aromatic carbocycles. The van der Waals surface area contributed by atoms with Gasteiger partial charge in [0.15, 0.2) is 0 Å². The molecule has 0 unspecified atom stereocenters. The Kier molecular flexibility index (Phi) is 4.86. The molecule has 0 aliphatic carbocycles. The van der Waals surface area contributed by atoms with Gasteiger partial charge in [0.25, 0.3) is 0 Å². The highest BCUT2D eigenvalue weighted by molar-refractivity contribution is 7.99. The van der Waals surface area contributed by atoms with Crippen molar-refractivity contribution < 1.29 is 9.90 Å². The molecule has 1 N–H and O–H groups in total. The first kappa shape index (κ1) is 13.1. The van der Waals surface area contributed by atoms with E-state index in [1.54, 1.807) is 30.4 Å². The lowest BCUT2D eigenvalue weighted by Crippen LogP contribution is -2.00. The van der Waals surface area contributed by atoms with E-state index in [9.17, 15) is 4.79 Å². The Morgan fingerprint density at radius 2 is 2.19 bits per heavy atom. The highest BCUT2D eigenvalue weighted by Gasteiger charge is 2.19. The highest BCUT2D eigenvalue weighted by atomic mass is 32.2. The van der Waals surface area contributed by atoms with Gasteiger partial charge in [-0.2, -0.15) is 5.10 Å². The van der Waals surface area contributed by atoms with E-state index in [2.05, 4.69) is 12.0 Å². The van der Waals surface area contributed by atoms with Gasteiger partial charge in [0.1, 0.15) is 10.6 Å². The van der Waals surface area contributed by atoms with Crippen molar-refractivity contribution in [3.63, 3.8) is 0 Å². The number of rotatable bonds is 6. The molecule has 0 aliphatic rings. The molecular formula is C11H18N2O2S. The third-order valence-electron chi connectivity index (χ3n) is 2.37. The Hall–Kier alpha value is -0.970. The maximum Gasteiger partial charge on any atom is 0.340 e. The normalized spacial score (nSPS) is 10.7. The second-order valence-corrected chi connectivity index (χ2v) is 4.83. The molecule has 0 saturated heterocycles. The first-order valence-corrected chi connectivity index (χ1v) is 6.46. The molecule has 0 fully saturated rings. The number of thioether (sulfide) groups is 1. The molecule has 1 aromatic rings. The fourth-order valence-electron chi connectivity index (χ4n) is 1.57. The zero-order valence-electron chi connectivity index (χ0n) is 9.99. The van der Waals surface area contributed by atoms with Crippen molar-refractivity contribution in [2.45, 2.75) is 38.1 Å². The minimum atomic E-state index is -0.886. The van der Waals surface area contributed by atoms with E-state index in [0.29, 0.717) is 11.3 Å². The first-order chi connectivity index (χ1) is 7.57. The summed E-state index contributed by atoms with van der Waals surface area (Å²) in [6.45, 7) is 3.89. The van der Waals surface area contributed by atoms with Crippen LogP contribution in [0.4, 0.5) is 0 Å². The van der Waals surface area contributed by atoms with Crippen LogP contribution < -0.4 is 0 Å². The summed E-state index contributed by atoms with van der Waals surface area (Å²) in [6.07, 6.45) is 3.48. The average molecular weight is 242 g/mol. The number of aromatic nitrogens is 2. The highest BCUT2D eigenvalue weighted by Crippen LogP contribution is 2.25. The summed E-state index contributed by atoms with van der Waals surface area (Å²) in [5.74, 6) is 0.0659. The number of carboxylic acid groups (broad SMARTS) is 1. The quantitative estimate of drug-likeness (QED) is 0.615. The molecule has 1 aromatic heterocycles. The van der Waals surface area contributed by atoms with Crippen LogP contribution in [0.15, 0.2) is 5.03 Å². The van der Waals surface area contributed by atoms with Gasteiger partial charge in [-0.25, -0.2) is 4.79 Å². The minimum absolute atomic E-state index is 0.351. The summed E-state index contributed by atoms with van der Waals surface area (Å²) in [5.41, 5.74) is 0.942. The van der Waals surface area contributed by atoms with Crippen molar-refractivity contribution in [3.05, 3.63) is 11.3 Å². The number of unbranched alkanes of at least 4 members (excludes halogenated alkanes) is 2. The topological polar surface area (TPSA) is 55.1 Å². The second kappa shape index (κ2) is 5.94. The van der Waals surface area contributed by atoms with Crippen LogP contribution in [0.5, 0.6) is 0 Å². The van der Waals surface area contributed by atoms with E-state index in [1.807, 2.05) is 0 Å². The van der Waals surface area contributed by atoms with Crippen LogP contribution in [0.1, 0.15) is 42.2 Å². The predicted octanol–water partition coefficient (Wildman–Crippen LogP) is 2.71. The van der Waals surface area contributed by atoms with E-state index in [4.69, 9.17) is 5.11 Å². The van der Waals surface area contributed by atoms with E-state index in [1.165, 1.54) is 12.8 Å². The Morgan fingerprint density at radius 3 is 2.75 bits per heavy atom. The van der Waals surface area contributed by atoms with Gasteiger partial charge in [-0.3, -0.25) is 4.68 Å². The van der Waals surface area contributed by atoms with Gasteiger partial charge >= 0.3 is 5.97 Å². The number of carboxylic acids is 1. The van der Waals surface area contributed by atoms with Gasteiger partial charge in [0.2, 0.25) is 0 Å². The Bertz CT molecular complexity index is 374. The molecule has 0 amide bonds. The molecule has 0 saturated carbocycles. The summed E-state index contributed by atoms with van der Waals surface area (Å²) in [7, 11) is 1.79. The summed E-state index contributed by atoms with van der Waals surface area (Å²) < 4.78 is 1.66. The van der Waals surface area contributed by atoms with Crippen LogP contribution in [-0.2, 0) is 7.05 Å². The van der Waals surface area contributed by atoms with E-state index >= 15 is 0 Å². The van der Waals surface area contributed by atoms with Crippen LogP contribution in [0, 0.1) is 6.92 Å². The Balaban J connectivity index is 2.74. The van der Waals surface area contributed by atoms with Crippen LogP contribution in [0.3, 0.4) is 0 Å². The standard InChI is InChI=1S/C11H18N2O2S/c1-4-5-6-7-16-10-9(11(14)15)8(2)12-13(10)3/h4-7H2,1-3H3,(H,14,15). The largest absolute Gasteiger partial charge is 0.478 e. The third kappa shape index (κ3) is 3.01. The van der Waals surface area contributed by atoms with Gasteiger partial charge in [0.05, 0.1) is 5.69 Å². The second-order valence-electron chi connectivity index (χ2n) is 3.75. The SMILES string of the molecule is CCCCCSc1c(C(=O)O)c(C)nn1C. The zero-order valence-corrected chi connectivity index (χ0v) is 10.8. The monoisotopic (exact) mass is 242 g/mol. The minimum Gasteiger partial charge on any atom is -0.478 e. The number of hydrogen-bond acceptors (Lipinski definition) is 3. The molecule has 1 heterocycles. The number of aryl methyl sites for hydroxylation is 2. The van der Waals surface area contributed by atoms with Crippen molar-refractivity contribution in [3.8, 4) is 0 Å². The molecule has 16 heavy (non-hydrogen) atoms. The maximum absolute atomic E-state index is 11.1. The zero-order chi connectivity index (χ0) is 12.1. The van der Waals surface area contributed by atoms with Crippen molar-refractivity contribution in [1.82, 2.24) is 9.78 Å². The fraction of sp³-hybridized carbons (Fsp3) is 0.636. The number of carbonyl (C=O) groups is 1. The van der Waals surface area contributed by atoms with Gasteiger partial charge in [-0.05, 0) is 19.1 Å². The molecule has 1 rings (SSSR count). The first-order valence-electron chi connectivity index (χ1n) is 5.47. The smallest absolute Gasteiger partial charge is 0.340 e.